The molecule has 1 atom stereocenters. The van der Waals surface area contributed by atoms with E-state index < -0.39 is 5.97 Å². The Hall–Kier alpha value is -2.04. The molecule has 0 aromatic heterocycles. The Bertz CT molecular complexity index is 464. The topological polar surface area (TPSA) is 71.4 Å². The highest BCUT2D eigenvalue weighted by Gasteiger charge is 2.27. The molecule has 0 spiro atoms. The first-order valence-electron chi connectivity index (χ1n) is 6.75. The molecule has 0 aromatic carbocycles. The molecule has 0 amide bonds. The summed E-state index contributed by atoms with van der Waals surface area (Å²) in [4.78, 5) is 12.1. The molecule has 5 heteroatoms. The van der Waals surface area contributed by atoms with Crippen LogP contribution in [0.1, 0.15) is 27.2 Å². The Balaban J connectivity index is 3.20. The molecule has 0 aromatic rings. The summed E-state index contributed by atoms with van der Waals surface area (Å²) in [6, 6.07) is 0. The van der Waals surface area contributed by atoms with Gasteiger partial charge in [0.25, 0.3) is 0 Å². The van der Waals surface area contributed by atoms with Gasteiger partial charge in [-0.2, -0.15) is 0 Å². The fourth-order valence-corrected chi connectivity index (χ4v) is 1.86. The van der Waals surface area contributed by atoms with E-state index >= 15 is 0 Å². The van der Waals surface area contributed by atoms with Gasteiger partial charge in [0.05, 0.1) is 18.4 Å². The van der Waals surface area contributed by atoms with E-state index in [-0.39, 0.29) is 24.0 Å². The van der Waals surface area contributed by atoms with E-state index in [0.717, 1.165) is 6.42 Å². The molecule has 1 aliphatic rings. The van der Waals surface area contributed by atoms with Gasteiger partial charge in [-0.25, -0.2) is 4.79 Å². The van der Waals surface area contributed by atoms with Gasteiger partial charge in [0, 0.05) is 13.0 Å². The number of esters is 1. The fourth-order valence-electron chi connectivity index (χ4n) is 1.86. The first-order chi connectivity index (χ1) is 9.54. The third-order valence-corrected chi connectivity index (χ3v) is 2.93. The lowest BCUT2D eigenvalue weighted by molar-refractivity contribution is -0.138. The highest BCUT2D eigenvalue weighted by Crippen LogP contribution is 2.19. The number of hydrogen-bond acceptors (Lipinski definition) is 5. The van der Waals surface area contributed by atoms with E-state index in [1.165, 1.54) is 6.08 Å². The molecule has 1 rings (SSSR count). The molecule has 110 valence electrons. The SMILES string of the molecule is C=C/C(=C\C)C(=N)/C(C(=O)OCC)=C1\NCC[C@@H](C)O1. The van der Waals surface area contributed by atoms with Crippen LogP contribution in [-0.4, -0.2) is 30.9 Å². The van der Waals surface area contributed by atoms with Crippen LogP contribution < -0.4 is 5.32 Å². The summed E-state index contributed by atoms with van der Waals surface area (Å²) in [5, 5.41) is 11.2. The minimum Gasteiger partial charge on any atom is -0.475 e. The molecular formula is C15H22N2O3. The van der Waals surface area contributed by atoms with E-state index in [4.69, 9.17) is 14.9 Å². The standard InChI is InChI=1S/C15H22N2O3/c1-5-11(6-2)13(16)12(15(18)19-7-3)14-17-9-8-10(4)20-14/h5-6,10,16-17H,1,7-9H2,2-4H3/b11-6+,14-12-,16-13?/t10-/m1/s1. The van der Waals surface area contributed by atoms with Gasteiger partial charge in [0.15, 0.2) is 0 Å². The van der Waals surface area contributed by atoms with Gasteiger partial charge in [0.2, 0.25) is 5.88 Å². The first-order valence-corrected chi connectivity index (χ1v) is 6.75. The summed E-state index contributed by atoms with van der Waals surface area (Å²) in [5.74, 6) is -0.247. The maximum atomic E-state index is 12.1. The quantitative estimate of drug-likeness (QED) is 0.350. The van der Waals surface area contributed by atoms with E-state index in [1.54, 1.807) is 19.9 Å². The molecule has 2 N–H and O–H groups in total. The molecule has 1 fully saturated rings. The zero-order valence-electron chi connectivity index (χ0n) is 12.3. The Morgan fingerprint density at radius 3 is 2.85 bits per heavy atom. The van der Waals surface area contributed by atoms with Crippen LogP contribution in [0, 0.1) is 5.41 Å². The zero-order valence-corrected chi connectivity index (χ0v) is 12.3. The molecule has 0 radical (unpaired) electrons. The number of carbonyl (C=O) groups is 1. The van der Waals surface area contributed by atoms with Crippen molar-refractivity contribution in [2.24, 2.45) is 0 Å². The van der Waals surface area contributed by atoms with Gasteiger partial charge in [-0.1, -0.05) is 18.7 Å². The molecule has 1 heterocycles. The zero-order chi connectivity index (χ0) is 15.1. The maximum absolute atomic E-state index is 12.1. The third-order valence-electron chi connectivity index (χ3n) is 2.93. The van der Waals surface area contributed by atoms with Crippen molar-refractivity contribution in [3.63, 3.8) is 0 Å². The molecule has 0 bridgehead atoms. The van der Waals surface area contributed by atoms with Gasteiger partial charge < -0.3 is 14.8 Å². The highest BCUT2D eigenvalue weighted by atomic mass is 16.5. The van der Waals surface area contributed by atoms with E-state index in [2.05, 4.69) is 11.9 Å². The number of carbonyl (C=O) groups excluding carboxylic acids is 1. The Morgan fingerprint density at radius 1 is 1.65 bits per heavy atom. The van der Waals surface area contributed by atoms with Crippen LogP contribution in [0.5, 0.6) is 0 Å². The lowest BCUT2D eigenvalue weighted by Crippen LogP contribution is -2.34. The number of hydrogen-bond donors (Lipinski definition) is 2. The molecule has 0 saturated carbocycles. The van der Waals surface area contributed by atoms with Crippen molar-refractivity contribution in [2.45, 2.75) is 33.3 Å². The number of rotatable bonds is 5. The van der Waals surface area contributed by atoms with Crippen LogP contribution in [-0.2, 0) is 14.3 Å². The van der Waals surface area contributed by atoms with Crippen molar-refractivity contribution in [3.8, 4) is 0 Å². The third kappa shape index (κ3) is 3.73. The number of allylic oxidation sites excluding steroid dienone is 3. The van der Waals surface area contributed by atoms with Crippen LogP contribution >= 0.6 is 0 Å². The van der Waals surface area contributed by atoms with Crippen LogP contribution in [0.15, 0.2) is 35.8 Å². The van der Waals surface area contributed by atoms with E-state index in [0.29, 0.717) is 18.0 Å². The second kappa shape index (κ2) is 7.53. The summed E-state index contributed by atoms with van der Waals surface area (Å²) in [6.07, 6.45) is 4.11. The molecule has 0 unspecified atom stereocenters. The van der Waals surface area contributed by atoms with Gasteiger partial charge in [-0.3, -0.25) is 5.41 Å². The Morgan fingerprint density at radius 2 is 2.35 bits per heavy atom. The second-order valence-electron chi connectivity index (χ2n) is 4.39. The van der Waals surface area contributed by atoms with Gasteiger partial charge in [-0.15, -0.1) is 0 Å². The monoisotopic (exact) mass is 278 g/mol. The summed E-state index contributed by atoms with van der Waals surface area (Å²) in [6.45, 7) is 10.0. The predicted octanol–water partition coefficient (Wildman–Crippen LogP) is 2.31. The van der Waals surface area contributed by atoms with Crippen LogP contribution in [0.4, 0.5) is 0 Å². The van der Waals surface area contributed by atoms with E-state index in [9.17, 15) is 4.79 Å². The van der Waals surface area contributed by atoms with Crippen molar-refractivity contribution in [1.29, 1.82) is 5.41 Å². The average Bonchev–Trinajstić information content (AvgIpc) is 2.40. The number of ether oxygens (including phenoxy) is 2. The molecule has 20 heavy (non-hydrogen) atoms. The van der Waals surface area contributed by atoms with Crippen molar-refractivity contribution < 1.29 is 14.3 Å². The predicted molar refractivity (Wildman–Crippen MR) is 78.5 cm³/mol. The Labute approximate surface area is 119 Å². The van der Waals surface area contributed by atoms with Gasteiger partial charge >= 0.3 is 5.97 Å². The fraction of sp³-hybridized carbons (Fsp3) is 0.467. The lowest BCUT2D eigenvalue weighted by atomic mass is 10.0. The van der Waals surface area contributed by atoms with Crippen LogP contribution in [0.3, 0.4) is 0 Å². The molecular weight excluding hydrogens is 256 g/mol. The van der Waals surface area contributed by atoms with Crippen molar-refractivity contribution in [2.75, 3.05) is 13.2 Å². The minimum atomic E-state index is -0.560. The van der Waals surface area contributed by atoms with E-state index in [1.807, 2.05) is 6.92 Å². The summed E-state index contributed by atoms with van der Waals surface area (Å²) in [7, 11) is 0. The summed E-state index contributed by atoms with van der Waals surface area (Å²) >= 11 is 0. The van der Waals surface area contributed by atoms with Crippen LogP contribution in [0.2, 0.25) is 0 Å². The first kappa shape index (κ1) is 16.0. The average molecular weight is 278 g/mol. The second-order valence-corrected chi connectivity index (χ2v) is 4.39. The summed E-state index contributed by atoms with van der Waals surface area (Å²) < 4.78 is 10.7. The van der Waals surface area contributed by atoms with Gasteiger partial charge in [0.1, 0.15) is 5.57 Å². The minimum absolute atomic E-state index is 0.00117. The van der Waals surface area contributed by atoms with Crippen molar-refractivity contribution >= 4 is 11.7 Å². The lowest BCUT2D eigenvalue weighted by Gasteiger charge is -2.26. The number of nitrogens with one attached hydrogen (secondary N) is 2. The normalized spacial score (nSPS) is 21.4. The molecule has 5 nitrogen and oxygen atoms in total. The largest absolute Gasteiger partial charge is 0.475 e. The Kier molecular flexibility index (Phi) is 6.03. The van der Waals surface area contributed by atoms with Crippen molar-refractivity contribution in [1.82, 2.24) is 5.32 Å². The molecule has 0 aliphatic carbocycles. The van der Waals surface area contributed by atoms with Gasteiger partial charge in [-0.05, 0) is 26.3 Å². The van der Waals surface area contributed by atoms with Crippen LogP contribution in [0.25, 0.3) is 0 Å². The summed E-state index contributed by atoms with van der Waals surface area (Å²) in [5.41, 5.74) is 0.730. The smallest absolute Gasteiger partial charge is 0.345 e. The van der Waals surface area contributed by atoms with Crippen molar-refractivity contribution in [3.05, 3.63) is 35.8 Å². The molecule has 1 aliphatic heterocycles. The maximum Gasteiger partial charge on any atom is 0.345 e. The highest BCUT2D eigenvalue weighted by molar-refractivity contribution is 6.26. The molecule has 1 saturated heterocycles.